The Labute approximate surface area is 170 Å². The molecule has 3 fully saturated rings. The molecule has 0 radical (unpaired) electrons. The van der Waals surface area contributed by atoms with Crippen molar-refractivity contribution in [2.45, 2.75) is 31.7 Å². The molecule has 28 heavy (non-hydrogen) atoms. The molecular formula is C24H35N3O. The van der Waals surface area contributed by atoms with Gasteiger partial charge in [-0.2, -0.15) is 0 Å². The van der Waals surface area contributed by atoms with Crippen LogP contribution in [0.15, 0.2) is 36.4 Å². The average Bonchev–Trinajstić information content (AvgIpc) is 3.38. The monoisotopic (exact) mass is 381 g/mol. The SMILES string of the molecule is COc1ccccc1N1CCN(C2CCN(C[C@@H]3C[C@H]4C=C[C@@H]3C4)CC2)CC1. The van der Waals surface area contributed by atoms with Gasteiger partial charge in [0, 0.05) is 38.8 Å². The molecule has 4 heteroatoms. The molecular weight excluding hydrogens is 346 g/mol. The largest absolute Gasteiger partial charge is 0.495 e. The van der Waals surface area contributed by atoms with Crippen LogP contribution in [0.3, 0.4) is 0 Å². The van der Waals surface area contributed by atoms with E-state index < -0.39 is 0 Å². The second kappa shape index (κ2) is 8.08. The number of benzene rings is 1. The van der Waals surface area contributed by atoms with Gasteiger partial charge in [-0.05, 0) is 68.7 Å². The maximum Gasteiger partial charge on any atom is 0.142 e. The third kappa shape index (κ3) is 3.69. The van der Waals surface area contributed by atoms with E-state index in [4.69, 9.17) is 4.74 Å². The number of piperazine rings is 1. The lowest BCUT2D eigenvalue weighted by molar-refractivity contribution is 0.0918. The minimum absolute atomic E-state index is 0.788. The van der Waals surface area contributed by atoms with E-state index in [2.05, 4.69) is 51.1 Å². The van der Waals surface area contributed by atoms with Crippen LogP contribution in [0.25, 0.3) is 0 Å². The van der Waals surface area contributed by atoms with Gasteiger partial charge < -0.3 is 14.5 Å². The zero-order chi connectivity index (χ0) is 18.9. The Kier molecular flexibility index (Phi) is 5.34. The number of likely N-dealkylation sites (tertiary alicyclic amines) is 1. The van der Waals surface area contributed by atoms with Crippen LogP contribution >= 0.6 is 0 Å². The van der Waals surface area contributed by atoms with Gasteiger partial charge in [-0.15, -0.1) is 0 Å². The predicted molar refractivity (Wildman–Crippen MR) is 115 cm³/mol. The van der Waals surface area contributed by atoms with Crippen LogP contribution in [0.5, 0.6) is 5.75 Å². The fourth-order valence-corrected chi connectivity index (χ4v) is 6.12. The quantitative estimate of drug-likeness (QED) is 0.727. The fourth-order valence-electron chi connectivity index (χ4n) is 6.12. The van der Waals surface area contributed by atoms with Crippen molar-refractivity contribution in [1.29, 1.82) is 0 Å². The van der Waals surface area contributed by atoms with Gasteiger partial charge in [0.05, 0.1) is 12.8 Å². The summed E-state index contributed by atoms with van der Waals surface area (Å²) in [5.41, 5.74) is 1.25. The summed E-state index contributed by atoms with van der Waals surface area (Å²) < 4.78 is 5.56. The smallest absolute Gasteiger partial charge is 0.142 e. The van der Waals surface area contributed by atoms with Gasteiger partial charge in [-0.1, -0.05) is 24.3 Å². The van der Waals surface area contributed by atoms with Crippen LogP contribution < -0.4 is 9.64 Å². The van der Waals surface area contributed by atoms with E-state index in [0.29, 0.717) is 0 Å². The molecule has 0 amide bonds. The molecule has 2 saturated heterocycles. The Morgan fingerprint density at radius 3 is 2.39 bits per heavy atom. The summed E-state index contributed by atoms with van der Waals surface area (Å²) in [6.07, 6.45) is 10.6. The van der Waals surface area contributed by atoms with Crippen molar-refractivity contribution < 1.29 is 4.74 Å². The highest BCUT2D eigenvalue weighted by atomic mass is 16.5. The number of hydrogen-bond donors (Lipinski definition) is 0. The molecule has 0 spiro atoms. The maximum absolute atomic E-state index is 5.56. The van der Waals surface area contributed by atoms with Crippen LogP contribution in [0.1, 0.15) is 25.7 Å². The first-order chi connectivity index (χ1) is 13.8. The summed E-state index contributed by atoms with van der Waals surface area (Å²) in [7, 11) is 1.77. The number of rotatable bonds is 5. The Balaban J connectivity index is 1.09. The molecule has 2 aliphatic heterocycles. The lowest BCUT2D eigenvalue weighted by atomic mass is 9.92. The van der Waals surface area contributed by atoms with E-state index >= 15 is 0 Å². The number of piperidine rings is 1. The molecule has 4 nitrogen and oxygen atoms in total. The minimum Gasteiger partial charge on any atom is -0.495 e. The van der Waals surface area contributed by atoms with Gasteiger partial charge in [-0.25, -0.2) is 0 Å². The number of ether oxygens (including phenoxy) is 1. The second-order valence-electron chi connectivity index (χ2n) is 9.27. The molecule has 1 saturated carbocycles. The molecule has 2 heterocycles. The van der Waals surface area contributed by atoms with Crippen molar-refractivity contribution in [1.82, 2.24) is 9.80 Å². The molecule has 2 aliphatic carbocycles. The summed E-state index contributed by atoms with van der Waals surface area (Å²) in [4.78, 5) is 8.01. The highest BCUT2D eigenvalue weighted by Gasteiger charge is 2.37. The fraction of sp³-hybridized carbons (Fsp3) is 0.667. The number of nitrogens with zero attached hydrogens (tertiary/aromatic N) is 3. The molecule has 2 bridgehead atoms. The summed E-state index contributed by atoms with van der Waals surface area (Å²) in [6, 6.07) is 9.22. The van der Waals surface area contributed by atoms with E-state index in [-0.39, 0.29) is 0 Å². The van der Waals surface area contributed by atoms with Gasteiger partial charge in [0.2, 0.25) is 0 Å². The minimum atomic E-state index is 0.788. The first kappa shape index (κ1) is 18.5. The first-order valence-electron chi connectivity index (χ1n) is 11.3. The van der Waals surface area contributed by atoms with Crippen LogP contribution in [0, 0.1) is 17.8 Å². The van der Waals surface area contributed by atoms with E-state index in [1.54, 1.807) is 7.11 Å². The molecule has 0 unspecified atom stereocenters. The third-order valence-electron chi connectivity index (χ3n) is 7.72. The predicted octanol–water partition coefficient (Wildman–Crippen LogP) is 3.49. The number of para-hydroxylation sites is 2. The average molecular weight is 382 g/mol. The molecule has 0 aromatic heterocycles. The maximum atomic E-state index is 5.56. The van der Waals surface area contributed by atoms with Crippen molar-refractivity contribution in [3.8, 4) is 5.75 Å². The van der Waals surface area contributed by atoms with Gasteiger partial charge in [0.25, 0.3) is 0 Å². The highest BCUT2D eigenvalue weighted by Crippen LogP contribution is 2.43. The van der Waals surface area contributed by atoms with Crippen molar-refractivity contribution in [3.05, 3.63) is 36.4 Å². The Morgan fingerprint density at radius 2 is 1.71 bits per heavy atom. The molecule has 1 aromatic carbocycles. The van der Waals surface area contributed by atoms with E-state index in [1.807, 2.05) is 0 Å². The number of anilines is 1. The molecule has 152 valence electrons. The van der Waals surface area contributed by atoms with Crippen LogP contribution in [0.4, 0.5) is 5.69 Å². The van der Waals surface area contributed by atoms with Crippen LogP contribution in [-0.4, -0.2) is 68.8 Å². The topological polar surface area (TPSA) is 19.0 Å². The third-order valence-corrected chi connectivity index (χ3v) is 7.72. The van der Waals surface area contributed by atoms with Crippen molar-refractivity contribution in [2.24, 2.45) is 17.8 Å². The van der Waals surface area contributed by atoms with Crippen molar-refractivity contribution in [3.63, 3.8) is 0 Å². The normalized spacial score (nSPS) is 31.6. The molecule has 1 aromatic rings. The Hall–Kier alpha value is -1.52. The first-order valence-corrected chi connectivity index (χ1v) is 11.3. The lowest BCUT2D eigenvalue weighted by Gasteiger charge is -2.44. The highest BCUT2D eigenvalue weighted by molar-refractivity contribution is 5.58. The van der Waals surface area contributed by atoms with Crippen molar-refractivity contribution >= 4 is 5.69 Å². The molecule has 4 aliphatic rings. The summed E-state index contributed by atoms with van der Waals surface area (Å²) >= 11 is 0. The number of fused-ring (bicyclic) bond motifs is 2. The van der Waals surface area contributed by atoms with Gasteiger partial charge in [-0.3, -0.25) is 4.90 Å². The zero-order valence-electron chi connectivity index (χ0n) is 17.3. The summed E-state index contributed by atoms with van der Waals surface area (Å²) in [5.74, 6) is 3.74. The Bertz CT molecular complexity index is 689. The number of allylic oxidation sites excluding steroid dienone is 2. The van der Waals surface area contributed by atoms with Gasteiger partial charge >= 0.3 is 0 Å². The molecule has 5 rings (SSSR count). The standard InChI is InChI=1S/C24H35N3O/c1-28-24-5-3-2-4-23(24)27-14-12-26(13-15-27)22-8-10-25(11-9-22)18-21-17-19-6-7-20(21)16-19/h2-7,19-22H,8-18H2,1H3/t19-,20+,21-/m0/s1. The van der Waals surface area contributed by atoms with Crippen LogP contribution in [0.2, 0.25) is 0 Å². The molecule has 0 N–H and O–H groups in total. The van der Waals surface area contributed by atoms with E-state index in [0.717, 1.165) is 42.6 Å². The Morgan fingerprint density at radius 1 is 0.929 bits per heavy atom. The number of methoxy groups -OCH3 is 1. The van der Waals surface area contributed by atoms with E-state index in [9.17, 15) is 0 Å². The summed E-state index contributed by atoms with van der Waals surface area (Å²) in [5, 5.41) is 0. The van der Waals surface area contributed by atoms with Crippen molar-refractivity contribution in [2.75, 3.05) is 57.8 Å². The second-order valence-corrected chi connectivity index (χ2v) is 9.27. The van der Waals surface area contributed by atoms with Gasteiger partial charge in [0.1, 0.15) is 5.75 Å². The molecule has 3 atom stereocenters. The number of hydrogen-bond acceptors (Lipinski definition) is 4. The van der Waals surface area contributed by atoms with Crippen LogP contribution in [-0.2, 0) is 0 Å². The zero-order valence-corrected chi connectivity index (χ0v) is 17.3. The lowest BCUT2D eigenvalue weighted by Crippen LogP contribution is -2.53. The summed E-state index contributed by atoms with van der Waals surface area (Å²) in [6.45, 7) is 8.53. The van der Waals surface area contributed by atoms with Gasteiger partial charge in [0.15, 0.2) is 0 Å². The van der Waals surface area contributed by atoms with E-state index in [1.165, 1.54) is 64.1 Å².